The van der Waals surface area contributed by atoms with E-state index in [-0.39, 0.29) is 12.1 Å². The first kappa shape index (κ1) is 9.09. The van der Waals surface area contributed by atoms with Crippen molar-refractivity contribution in [3.05, 3.63) is 4.91 Å². The maximum atomic E-state index is 10.6. The van der Waals surface area contributed by atoms with Crippen LogP contribution in [0, 0.1) is 4.91 Å². The Labute approximate surface area is 77.6 Å². The van der Waals surface area contributed by atoms with Crippen LogP contribution in [0.5, 0.6) is 0 Å². The van der Waals surface area contributed by atoms with Crippen molar-refractivity contribution in [1.29, 1.82) is 0 Å². The van der Waals surface area contributed by atoms with Gasteiger partial charge in [-0.25, -0.2) is 0 Å². The van der Waals surface area contributed by atoms with Crippen LogP contribution in [0.4, 0.5) is 0 Å². The van der Waals surface area contributed by atoms with E-state index in [4.69, 9.17) is 9.47 Å². The lowest BCUT2D eigenvalue weighted by Gasteiger charge is -2.35. The zero-order chi connectivity index (χ0) is 9.31. The van der Waals surface area contributed by atoms with Crippen molar-refractivity contribution in [2.45, 2.75) is 50.5 Å². The summed E-state index contributed by atoms with van der Waals surface area (Å²) >= 11 is 0. The van der Waals surface area contributed by atoms with Gasteiger partial charge in [0.1, 0.15) is 6.04 Å². The number of nitrogens with zero attached hydrogens (tertiary/aromatic N) is 1. The molecule has 3 unspecified atom stereocenters. The van der Waals surface area contributed by atoms with Gasteiger partial charge in [0.2, 0.25) is 0 Å². The minimum Gasteiger partial charge on any atom is -0.345 e. The number of hydrogen-bond acceptors (Lipinski definition) is 4. The summed E-state index contributed by atoms with van der Waals surface area (Å²) in [6, 6.07) is -0.300. The van der Waals surface area contributed by atoms with Crippen LogP contribution in [0.3, 0.4) is 0 Å². The Balaban J connectivity index is 2.13. The molecular formula is C9H15NO3. The highest BCUT2D eigenvalue weighted by molar-refractivity contribution is 4.92. The average Bonchev–Trinajstić information content (AvgIpc) is 2.49. The molecule has 0 N–H and O–H groups in total. The molecule has 2 rings (SSSR count). The van der Waals surface area contributed by atoms with Crippen LogP contribution >= 0.6 is 0 Å². The molecule has 4 heteroatoms. The third-order valence-electron chi connectivity index (χ3n) is 2.85. The third kappa shape index (κ3) is 1.48. The van der Waals surface area contributed by atoms with E-state index in [1.165, 1.54) is 0 Å². The summed E-state index contributed by atoms with van der Waals surface area (Å²) in [5, 5.41) is 3.12. The minimum atomic E-state index is -0.667. The van der Waals surface area contributed by atoms with Crippen molar-refractivity contribution >= 4 is 0 Å². The standard InChI is InChI=1S/C9H15NO3/c1-7-6-12-9(13-7)5-3-2-4-8(9)10-11/h7-8H,2-6H2,1H3. The van der Waals surface area contributed by atoms with Crippen LogP contribution in [0.1, 0.15) is 32.6 Å². The molecule has 1 spiro atoms. The topological polar surface area (TPSA) is 47.9 Å². The number of nitroso groups, excluding NO2 is 1. The molecule has 1 saturated carbocycles. The Bertz CT molecular complexity index is 205. The monoisotopic (exact) mass is 185 g/mol. The summed E-state index contributed by atoms with van der Waals surface area (Å²) in [4.78, 5) is 10.6. The molecular weight excluding hydrogens is 170 g/mol. The van der Waals surface area contributed by atoms with Gasteiger partial charge < -0.3 is 9.47 Å². The Morgan fingerprint density at radius 1 is 1.46 bits per heavy atom. The Morgan fingerprint density at radius 3 is 2.92 bits per heavy atom. The van der Waals surface area contributed by atoms with Crippen LogP contribution < -0.4 is 0 Å². The van der Waals surface area contributed by atoms with Gasteiger partial charge in [-0.05, 0) is 19.8 Å². The van der Waals surface area contributed by atoms with Crippen LogP contribution in [0.2, 0.25) is 0 Å². The predicted octanol–water partition coefficient (Wildman–Crippen LogP) is 1.83. The molecule has 0 amide bonds. The summed E-state index contributed by atoms with van der Waals surface area (Å²) in [7, 11) is 0. The van der Waals surface area contributed by atoms with Crippen molar-refractivity contribution in [3.63, 3.8) is 0 Å². The Kier molecular flexibility index (Phi) is 2.34. The smallest absolute Gasteiger partial charge is 0.194 e. The van der Waals surface area contributed by atoms with Crippen LogP contribution in [0.15, 0.2) is 5.18 Å². The van der Waals surface area contributed by atoms with Crippen molar-refractivity contribution < 1.29 is 9.47 Å². The lowest BCUT2D eigenvalue weighted by molar-refractivity contribution is -0.196. The number of rotatable bonds is 1. The van der Waals surface area contributed by atoms with Gasteiger partial charge in [0.25, 0.3) is 0 Å². The molecule has 4 nitrogen and oxygen atoms in total. The molecule has 1 aliphatic heterocycles. The molecule has 0 aromatic heterocycles. The second-order valence-corrected chi connectivity index (χ2v) is 3.92. The second-order valence-electron chi connectivity index (χ2n) is 3.92. The minimum absolute atomic E-state index is 0.0994. The van der Waals surface area contributed by atoms with Gasteiger partial charge in [-0.2, -0.15) is 4.91 Å². The highest BCUT2D eigenvalue weighted by atomic mass is 16.7. The van der Waals surface area contributed by atoms with Gasteiger partial charge in [-0.1, -0.05) is 11.6 Å². The van der Waals surface area contributed by atoms with Gasteiger partial charge in [0, 0.05) is 6.42 Å². The van der Waals surface area contributed by atoms with Gasteiger partial charge >= 0.3 is 0 Å². The maximum Gasteiger partial charge on any atom is 0.194 e. The average molecular weight is 185 g/mol. The van der Waals surface area contributed by atoms with Crippen LogP contribution in [-0.4, -0.2) is 24.5 Å². The van der Waals surface area contributed by atoms with E-state index in [1.807, 2.05) is 6.92 Å². The van der Waals surface area contributed by atoms with Crippen LogP contribution in [-0.2, 0) is 9.47 Å². The van der Waals surface area contributed by atoms with Gasteiger partial charge in [0.15, 0.2) is 5.79 Å². The lowest BCUT2D eigenvalue weighted by Crippen LogP contribution is -2.45. The zero-order valence-electron chi connectivity index (χ0n) is 7.86. The van der Waals surface area contributed by atoms with E-state index in [0.717, 1.165) is 25.7 Å². The summed E-state index contributed by atoms with van der Waals surface area (Å²) in [6.07, 6.45) is 3.84. The number of hydrogen-bond donors (Lipinski definition) is 0. The second kappa shape index (κ2) is 3.35. The molecule has 3 atom stereocenters. The SMILES string of the molecule is CC1COC2(CCCCC2N=O)O1. The van der Waals surface area contributed by atoms with Crippen molar-refractivity contribution in [2.75, 3.05) is 6.61 Å². The van der Waals surface area contributed by atoms with Gasteiger partial charge in [0.05, 0.1) is 12.7 Å². The summed E-state index contributed by atoms with van der Waals surface area (Å²) in [6.45, 7) is 2.55. The highest BCUT2D eigenvalue weighted by Gasteiger charge is 2.49. The molecule has 1 heterocycles. The van der Waals surface area contributed by atoms with E-state index in [1.54, 1.807) is 0 Å². The third-order valence-corrected chi connectivity index (χ3v) is 2.85. The first-order chi connectivity index (χ1) is 6.27. The normalized spacial score (nSPS) is 45.3. The van der Waals surface area contributed by atoms with Crippen molar-refractivity contribution in [3.8, 4) is 0 Å². The summed E-state index contributed by atoms with van der Waals surface area (Å²) < 4.78 is 11.3. The molecule has 1 aliphatic carbocycles. The zero-order valence-corrected chi connectivity index (χ0v) is 7.86. The molecule has 1 saturated heterocycles. The van der Waals surface area contributed by atoms with Gasteiger partial charge in [-0.15, -0.1) is 0 Å². The molecule has 0 aromatic carbocycles. The maximum absolute atomic E-state index is 10.6. The molecule has 2 aliphatic rings. The van der Waals surface area contributed by atoms with Gasteiger partial charge in [-0.3, -0.25) is 0 Å². The number of ether oxygens (including phenoxy) is 2. The van der Waals surface area contributed by atoms with Crippen molar-refractivity contribution in [1.82, 2.24) is 0 Å². The molecule has 0 bridgehead atoms. The highest BCUT2D eigenvalue weighted by Crippen LogP contribution is 2.39. The Hall–Kier alpha value is -0.480. The molecule has 0 aromatic rings. The Morgan fingerprint density at radius 2 is 2.31 bits per heavy atom. The van der Waals surface area contributed by atoms with E-state index in [0.29, 0.717) is 6.61 Å². The van der Waals surface area contributed by atoms with E-state index >= 15 is 0 Å². The molecule has 2 fully saturated rings. The van der Waals surface area contributed by atoms with Crippen LogP contribution in [0.25, 0.3) is 0 Å². The molecule has 74 valence electrons. The fourth-order valence-corrected chi connectivity index (χ4v) is 2.20. The first-order valence-corrected chi connectivity index (χ1v) is 4.91. The predicted molar refractivity (Wildman–Crippen MR) is 47.3 cm³/mol. The summed E-state index contributed by atoms with van der Waals surface area (Å²) in [5.41, 5.74) is 0. The fourth-order valence-electron chi connectivity index (χ4n) is 2.20. The van der Waals surface area contributed by atoms with E-state index in [9.17, 15) is 4.91 Å². The fraction of sp³-hybridized carbons (Fsp3) is 1.00. The largest absolute Gasteiger partial charge is 0.345 e. The first-order valence-electron chi connectivity index (χ1n) is 4.91. The quantitative estimate of drug-likeness (QED) is 0.585. The van der Waals surface area contributed by atoms with Crippen molar-refractivity contribution in [2.24, 2.45) is 5.18 Å². The summed E-state index contributed by atoms with van der Waals surface area (Å²) in [5.74, 6) is -0.667. The van der Waals surface area contributed by atoms with E-state index in [2.05, 4.69) is 5.18 Å². The lowest BCUT2D eigenvalue weighted by atomic mass is 9.89. The van der Waals surface area contributed by atoms with E-state index < -0.39 is 5.79 Å². The molecule has 0 radical (unpaired) electrons. The molecule has 13 heavy (non-hydrogen) atoms.